The number of hydrogen-bond donors (Lipinski definition) is 0. The number of carbonyl (C=O) groups is 2. The molecule has 1 heterocycles. The number of hydrogen-bond acceptors (Lipinski definition) is 8. The van der Waals surface area contributed by atoms with E-state index in [0.717, 1.165) is 6.42 Å². The molecule has 0 saturated carbocycles. The van der Waals surface area contributed by atoms with Gasteiger partial charge in [0, 0.05) is 11.0 Å². The molecule has 1 aliphatic heterocycles. The number of esters is 1. The smallest absolute Gasteiger partial charge is 0.460 e. The van der Waals surface area contributed by atoms with Gasteiger partial charge in [-0.15, -0.1) is 0 Å². The van der Waals surface area contributed by atoms with Gasteiger partial charge in [-0.1, -0.05) is 27.4 Å². The molecule has 1 aliphatic rings. The third-order valence-corrected chi connectivity index (χ3v) is 4.50. The second-order valence-corrected chi connectivity index (χ2v) is 7.00. The molecule has 0 spiro atoms. The fourth-order valence-corrected chi connectivity index (χ4v) is 1.67. The van der Waals surface area contributed by atoms with Crippen molar-refractivity contribution in [2.24, 2.45) is 5.41 Å². The van der Waals surface area contributed by atoms with E-state index in [2.05, 4.69) is 11.5 Å². The zero-order valence-corrected chi connectivity index (χ0v) is 15.8. The highest BCUT2D eigenvalue weighted by atomic mass is 17.3. The molecule has 0 aromatic carbocycles. The van der Waals surface area contributed by atoms with Crippen LogP contribution in [0.3, 0.4) is 0 Å². The summed E-state index contributed by atoms with van der Waals surface area (Å²) in [6, 6.07) is 0. The normalized spacial score (nSPS) is 20.4. The van der Waals surface area contributed by atoms with Crippen LogP contribution >= 0.6 is 0 Å². The van der Waals surface area contributed by atoms with Gasteiger partial charge < -0.3 is 18.9 Å². The second kappa shape index (κ2) is 8.16. The van der Waals surface area contributed by atoms with E-state index >= 15 is 0 Å². The van der Waals surface area contributed by atoms with E-state index in [-0.39, 0.29) is 30.8 Å². The van der Waals surface area contributed by atoms with Crippen LogP contribution in [0.1, 0.15) is 48.0 Å². The van der Waals surface area contributed by atoms with Crippen LogP contribution in [-0.2, 0) is 33.5 Å². The van der Waals surface area contributed by atoms with E-state index in [9.17, 15) is 9.59 Å². The molecule has 0 N–H and O–H groups in total. The summed E-state index contributed by atoms with van der Waals surface area (Å²) >= 11 is 0. The van der Waals surface area contributed by atoms with Crippen LogP contribution in [0.2, 0.25) is 0 Å². The Morgan fingerprint density at radius 1 is 1.20 bits per heavy atom. The molecule has 0 radical (unpaired) electrons. The van der Waals surface area contributed by atoms with Crippen molar-refractivity contribution >= 4 is 12.1 Å². The topological polar surface area (TPSA) is 89.5 Å². The first kappa shape index (κ1) is 21.4. The summed E-state index contributed by atoms with van der Waals surface area (Å²) in [6.45, 7) is 14.4. The maximum Gasteiger partial charge on any atom is 0.513 e. The molecule has 1 saturated heterocycles. The van der Waals surface area contributed by atoms with Crippen LogP contribution < -0.4 is 0 Å². The van der Waals surface area contributed by atoms with Crippen molar-refractivity contribution in [3.8, 4) is 0 Å². The third-order valence-electron chi connectivity index (χ3n) is 4.50. The van der Waals surface area contributed by atoms with Gasteiger partial charge >= 0.3 is 18.1 Å². The average Bonchev–Trinajstić information content (AvgIpc) is 2.47. The molecule has 1 atom stereocenters. The Morgan fingerprint density at radius 2 is 1.80 bits per heavy atom. The summed E-state index contributed by atoms with van der Waals surface area (Å²) in [6.07, 6.45) is -0.128. The zero-order valence-electron chi connectivity index (χ0n) is 15.8. The van der Waals surface area contributed by atoms with E-state index in [4.69, 9.17) is 23.8 Å². The molecule has 0 aromatic rings. The summed E-state index contributed by atoms with van der Waals surface area (Å²) in [5.41, 5.74) is -0.742. The lowest BCUT2D eigenvalue weighted by Crippen LogP contribution is -2.55. The molecule has 0 aliphatic carbocycles. The first-order valence-corrected chi connectivity index (χ1v) is 8.14. The number of carbonyl (C=O) groups excluding carboxylic acids is 2. The molecule has 0 bridgehead atoms. The summed E-state index contributed by atoms with van der Waals surface area (Å²) in [4.78, 5) is 32.7. The van der Waals surface area contributed by atoms with Gasteiger partial charge in [-0.3, -0.25) is 0 Å². The SMILES string of the molecule is C=C(C)C(=O)OCCOC1(OC(=O)OC(C)(C)C(C)(C)CC)COO1. The van der Waals surface area contributed by atoms with Crippen molar-refractivity contribution in [2.45, 2.75) is 59.5 Å². The first-order valence-electron chi connectivity index (χ1n) is 8.14. The minimum absolute atomic E-state index is 0.0520. The van der Waals surface area contributed by atoms with Gasteiger partial charge in [0.1, 0.15) is 12.2 Å². The fraction of sp³-hybridized carbons (Fsp3) is 0.765. The largest absolute Gasteiger partial charge is 0.513 e. The van der Waals surface area contributed by atoms with E-state index in [0.29, 0.717) is 0 Å². The van der Waals surface area contributed by atoms with Crippen LogP contribution in [0.5, 0.6) is 0 Å². The molecule has 8 heteroatoms. The van der Waals surface area contributed by atoms with Crippen molar-refractivity contribution in [2.75, 3.05) is 19.8 Å². The number of rotatable bonds is 9. The molecule has 1 unspecified atom stereocenters. The summed E-state index contributed by atoms with van der Waals surface area (Å²) in [7, 11) is 0. The summed E-state index contributed by atoms with van der Waals surface area (Å²) < 4.78 is 20.7. The second-order valence-electron chi connectivity index (χ2n) is 7.00. The Morgan fingerprint density at radius 3 is 2.24 bits per heavy atom. The van der Waals surface area contributed by atoms with Crippen molar-refractivity contribution in [3.05, 3.63) is 12.2 Å². The van der Waals surface area contributed by atoms with Gasteiger partial charge in [-0.05, 0) is 27.2 Å². The average molecular weight is 360 g/mol. The van der Waals surface area contributed by atoms with Gasteiger partial charge in [0.25, 0.3) is 0 Å². The minimum atomic E-state index is -1.70. The molecular formula is C17H28O8. The van der Waals surface area contributed by atoms with Crippen LogP contribution in [0, 0.1) is 5.41 Å². The van der Waals surface area contributed by atoms with E-state index in [1.165, 1.54) is 6.92 Å². The Labute approximate surface area is 148 Å². The fourth-order valence-electron chi connectivity index (χ4n) is 1.67. The predicted molar refractivity (Wildman–Crippen MR) is 87.2 cm³/mol. The molecule has 1 fully saturated rings. The van der Waals surface area contributed by atoms with Gasteiger partial charge in [0.2, 0.25) is 0 Å². The van der Waals surface area contributed by atoms with Crippen LogP contribution in [0.25, 0.3) is 0 Å². The molecule has 0 amide bonds. The van der Waals surface area contributed by atoms with E-state index in [1.807, 2.05) is 20.8 Å². The molecule has 144 valence electrons. The monoisotopic (exact) mass is 360 g/mol. The van der Waals surface area contributed by atoms with E-state index in [1.54, 1.807) is 13.8 Å². The lowest BCUT2D eigenvalue weighted by molar-refractivity contribution is -0.597. The summed E-state index contributed by atoms with van der Waals surface area (Å²) in [5.74, 6) is -2.23. The quantitative estimate of drug-likeness (QED) is 0.204. The molecule has 1 rings (SSSR count). The lowest BCUT2D eigenvalue weighted by atomic mass is 9.75. The molecule has 25 heavy (non-hydrogen) atoms. The van der Waals surface area contributed by atoms with Gasteiger partial charge in [0.15, 0.2) is 6.61 Å². The van der Waals surface area contributed by atoms with Gasteiger partial charge in [-0.2, -0.15) is 4.89 Å². The highest BCUT2D eigenvalue weighted by Crippen LogP contribution is 2.37. The Kier molecular flexibility index (Phi) is 6.99. The maximum atomic E-state index is 12.1. The van der Waals surface area contributed by atoms with Crippen LogP contribution in [0.15, 0.2) is 12.2 Å². The van der Waals surface area contributed by atoms with Crippen LogP contribution in [-0.4, -0.2) is 43.5 Å². The predicted octanol–water partition coefficient (Wildman–Crippen LogP) is 3.11. The van der Waals surface area contributed by atoms with Crippen molar-refractivity contribution < 1.29 is 38.3 Å². The van der Waals surface area contributed by atoms with Crippen LogP contribution in [0.4, 0.5) is 4.79 Å². The third kappa shape index (κ3) is 5.69. The standard InChI is InChI=1S/C17H28O8/c1-8-15(4,5)16(6,7)23-14(19)24-17(11-22-25-17)21-10-9-20-13(18)12(2)3/h2,8-11H2,1,3-7H3. The highest BCUT2D eigenvalue weighted by molar-refractivity contribution is 5.86. The first-order chi connectivity index (χ1) is 11.4. The minimum Gasteiger partial charge on any atom is -0.460 e. The number of ether oxygens (including phenoxy) is 4. The van der Waals surface area contributed by atoms with Crippen molar-refractivity contribution in [1.29, 1.82) is 0 Å². The Balaban J connectivity index is 2.50. The van der Waals surface area contributed by atoms with Gasteiger partial charge in [-0.25, -0.2) is 14.5 Å². The zero-order chi connectivity index (χ0) is 19.3. The Hall–Kier alpha value is -1.64. The molecule has 8 nitrogen and oxygen atoms in total. The molecule has 0 aromatic heterocycles. The van der Waals surface area contributed by atoms with Crippen molar-refractivity contribution in [1.82, 2.24) is 0 Å². The lowest BCUT2D eigenvalue weighted by Gasteiger charge is -2.41. The van der Waals surface area contributed by atoms with Gasteiger partial charge in [0.05, 0.1) is 6.61 Å². The summed E-state index contributed by atoms with van der Waals surface area (Å²) in [5, 5.41) is 0. The van der Waals surface area contributed by atoms with E-state index < -0.39 is 23.7 Å². The van der Waals surface area contributed by atoms with Crippen molar-refractivity contribution in [3.63, 3.8) is 0 Å². The highest BCUT2D eigenvalue weighted by Gasteiger charge is 2.50. The maximum absolute atomic E-state index is 12.1. The Bertz CT molecular complexity index is 505. The molecular weight excluding hydrogens is 332 g/mol.